The Morgan fingerprint density at radius 3 is 2.12 bits per heavy atom. The molecule has 4 rings (SSSR count). The third kappa shape index (κ3) is 7.92. The van der Waals surface area contributed by atoms with Crippen molar-refractivity contribution in [1.29, 1.82) is 0 Å². The molecule has 0 aliphatic rings. The molecule has 0 unspecified atom stereocenters. The van der Waals surface area contributed by atoms with Crippen molar-refractivity contribution in [2.75, 3.05) is 4.72 Å². The van der Waals surface area contributed by atoms with Gasteiger partial charge in [0.25, 0.3) is 15.9 Å². The number of para-hydroxylation sites is 1. The summed E-state index contributed by atoms with van der Waals surface area (Å²) in [6, 6.07) is 16.1. The molecule has 1 amide bonds. The summed E-state index contributed by atoms with van der Waals surface area (Å²) in [5, 5.41) is 2.41. The largest absolute Gasteiger partial charge is 0.456 e. The van der Waals surface area contributed by atoms with Crippen molar-refractivity contribution in [3.8, 4) is 11.5 Å². The molecule has 0 saturated heterocycles. The molecule has 43 heavy (non-hydrogen) atoms. The predicted molar refractivity (Wildman–Crippen MR) is 148 cm³/mol. The summed E-state index contributed by atoms with van der Waals surface area (Å²) in [4.78, 5) is 12.7. The summed E-state index contributed by atoms with van der Waals surface area (Å²) in [5.41, 5.74) is -4.26. The standard InChI is InChI=1S/C28H18Cl2F6N2O4S/c29-18-6-12-24(38-43(40,41)20-9-7-19(8-10-20)42-25-4-2-1-3-23(25)30)21(14-18)26(39)37-15-16-13-17(27(31,32)33)5-11-22(16)28(34,35)36/h1-14,38H,15H2,(H,37,39). The lowest BCUT2D eigenvalue weighted by molar-refractivity contribution is -0.141. The number of hydrogen-bond donors (Lipinski definition) is 2. The Bertz CT molecular complexity index is 1760. The van der Waals surface area contributed by atoms with Crippen LogP contribution in [-0.4, -0.2) is 14.3 Å². The van der Waals surface area contributed by atoms with Crippen molar-refractivity contribution in [3.05, 3.63) is 117 Å². The topological polar surface area (TPSA) is 84.5 Å². The molecule has 0 aliphatic carbocycles. The molecule has 4 aromatic rings. The number of sulfonamides is 1. The van der Waals surface area contributed by atoms with Crippen molar-refractivity contribution in [1.82, 2.24) is 5.32 Å². The fourth-order valence-electron chi connectivity index (χ4n) is 3.80. The van der Waals surface area contributed by atoms with Crippen LogP contribution in [0.3, 0.4) is 0 Å². The molecule has 0 bridgehead atoms. The number of hydrogen-bond acceptors (Lipinski definition) is 4. The lowest BCUT2D eigenvalue weighted by Gasteiger charge is -2.17. The van der Waals surface area contributed by atoms with E-state index in [-0.39, 0.29) is 39.6 Å². The molecule has 0 fully saturated rings. The van der Waals surface area contributed by atoms with Crippen LogP contribution in [0.15, 0.2) is 89.8 Å². The van der Waals surface area contributed by atoms with E-state index in [1.54, 1.807) is 24.3 Å². The lowest BCUT2D eigenvalue weighted by atomic mass is 10.0. The Hall–Kier alpha value is -3.94. The smallest absolute Gasteiger partial charge is 0.416 e. The van der Waals surface area contributed by atoms with Crippen molar-refractivity contribution < 1.29 is 44.3 Å². The van der Waals surface area contributed by atoms with Crippen LogP contribution in [0.4, 0.5) is 32.0 Å². The van der Waals surface area contributed by atoms with Crippen molar-refractivity contribution in [2.45, 2.75) is 23.8 Å². The van der Waals surface area contributed by atoms with Gasteiger partial charge < -0.3 is 10.1 Å². The van der Waals surface area contributed by atoms with E-state index in [0.717, 1.165) is 12.1 Å². The van der Waals surface area contributed by atoms with Gasteiger partial charge in [0.05, 0.1) is 32.3 Å². The lowest BCUT2D eigenvalue weighted by Crippen LogP contribution is -2.26. The second kappa shape index (κ2) is 12.3. The molecule has 2 N–H and O–H groups in total. The Labute approximate surface area is 251 Å². The maximum atomic E-state index is 13.4. The zero-order valence-electron chi connectivity index (χ0n) is 21.4. The summed E-state index contributed by atoms with van der Waals surface area (Å²) in [7, 11) is -4.32. The van der Waals surface area contributed by atoms with E-state index in [1.807, 2.05) is 0 Å². The first-order chi connectivity index (χ1) is 20.0. The molecular weight excluding hydrogens is 645 g/mol. The average Bonchev–Trinajstić information content (AvgIpc) is 2.93. The normalized spacial score (nSPS) is 12.1. The number of amides is 1. The molecule has 0 saturated carbocycles. The van der Waals surface area contributed by atoms with E-state index in [1.165, 1.54) is 30.3 Å². The van der Waals surface area contributed by atoms with E-state index >= 15 is 0 Å². The van der Waals surface area contributed by atoms with Gasteiger partial charge in [0, 0.05) is 11.6 Å². The number of benzene rings is 4. The highest BCUT2D eigenvalue weighted by Gasteiger charge is 2.37. The molecule has 15 heteroatoms. The van der Waals surface area contributed by atoms with E-state index in [4.69, 9.17) is 27.9 Å². The summed E-state index contributed by atoms with van der Waals surface area (Å²) in [6.07, 6.45) is -9.94. The van der Waals surface area contributed by atoms with E-state index in [9.17, 15) is 39.6 Å². The van der Waals surface area contributed by atoms with Crippen LogP contribution in [0.25, 0.3) is 0 Å². The average molecular weight is 663 g/mol. The van der Waals surface area contributed by atoms with Crippen LogP contribution < -0.4 is 14.8 Å². The van der Waals surface area contributed by atoms with Gasteiger partial charge in [-0.15, -0.1) is 0 Å². The van der Waals surface area contributed by atoms with Gasteiger partial charge in [0.2, 0.25) is 0 Å². The molecule has 0 atom stereocenters. The molecule has 0 radical (unpaired) electrons. The first-order valence-electron chi connectivity index (χ1n) is 11.9. The first-order valence-corrected chi connectivity index (χ1v) is 14.2. The second-order valence-electron chi connectivity index (χ2n) is 8.85. The maximum Gasteiger partial charge on any atom is 0.416 e. The summed E-state index contributed by atoms with van der Waals surface area (Å²) < 4.78 is 114. The quantitative estimate of drug-likeness (QED) is 0.185. The Balaban J connectivity index is 1.55. The number of anilines is 1. The number of halogens is 8. The van der Waals surface area contributed by atoms with Gasteiger partial charge in [-0.25, -0.2) is 8.42 Å². The third-order valence-corrected chi connectivity index (χ3v) is 7.78. The summed E-state index contributed by atoms with van der Waals surface area (Å²) >= 11 is 12.0. The van der Waals surface area contributed by atoms with E-state index in [0.29, 0.717) is 10.8 Å². The van der Waals surface area contributed by atoms with E-state index < -0.39 is 57.1 Å². The fraction of sp³-hybridized carbons (Fsp3) is 0.107. The van der Waals surface area contributed by atoms with Gasteiger partial charge in [0.1, 0.15) is 11.5 Å². The molecule has 0 spiro atoms. The number of rotatable bonds is 8. The molecule has 226 valence electrons. The van der Waals surface area contributed by atoms with Crippen molar-refractivity contribution >= 4 is 44.8 Å². The predicted octanol–water partition coefficient (Wildman–Crippen LogP) is 8.55. The van der Waals surface area contributed by atoms with Crippen molar-refractivity contribution in [2.24, 2.45) is 0 Å². The molecule has 4 aromatic carbocycles. The monoisotopic (exact) mass is 662 g/mol. The summed E-state index contributed by atoms with van der Waals surface area (Å²) in [6.45, 7) is -0.955. The van der Waals surface area contributed by atoms with Crippen LogP contribution in [0, 0.1) is 0 Å². The van der Waals surface area contributed by atoms with Gasteiger partial charge in [-0.3, -0.25) is 9.52 Å². The minimum Gasteiger partial charge on any atom is -0.456 e. The Kier molecular flexibility index (Phi) is 9.19. The SMILES string of the molecule is O=C(NCc1cc(C(F)(F)F)ccc1C(F)(F)F)c1cc(Cl)ccc1NS(=O)(=O)c1ccc(Oc2ccccc2Cl)cc1. The van der Waals surface area contributed by atoms with Crippen LogP contribution in [-0.2, 0) is 28.9 Å². The zero-order chi connectivity index (χ0) is 31.6. The fourth-order valence-corrected chi connectivity index (χ4v) is 5.23. The minimum atomic E-state index is -5.00. The molecule has 0 aromatic heterocycles. The highest BCUT2D eigenvalue weighted by atomic mass is 35.5. The maximum absolute atomic E-state index is 13.4. The van der Waals surface area contributed by atoms with Crippen LogP contribution in [0.2, 0.25) is 10.0 Å². The molecular formula is C28H18Cl2F6N2O4S. The number of carbonyl (C=O) groups excluding carboxylic acids is 1. The van der Waals surface area contributed by atoms with Gasteiger partial charge in [-0.05, 0) is 78.4 Å². The van der Waals surface area contributed by atoms with Crippen LogP contribution >= 0.6 is 23.2 Å². The zero-order valence-corrected chi connectivity index (χ0v) is 23.7. The number of ether oxygens (including phenoxy) is 1. The van der Waals surface area contributed by atoms with Gasteiger partial charge in [0.15, 0.2) is 0 Å². The van der Waals surface area contributed by atoms with Crippen LogP contribution in [0.5, 0.6) is 11.5 Å². The number of carbonyl (C=O) groups is 1. The molecule has 0 aliphatic heterocycles. The number of nitrogens with one attached hydrogen (secondary N) is 2. The number of alkyl halides is 6. The highest BCUT2D eigenvalue weighted by Crippen LogP contribution is 2.37. The summed E-state index contributed by atoms with van der Waals surface area (Å²) in [5.74, 6) is -0.497. The van der Waals surface area contributed by atoms with Crippen molar-refractivity contribution in [3.63, 3.8) is 0 Å². The third-order valence-electron chi connectivity index (χ3n) is 5.85. The second-order valence-corrected chi connectivity index (χ2v) is 11.4. The van der Waals surface area contributed by atoms with Crippen LogP contribution in [0.1, 0.15) is 27.0 Å². The van der Waals surface area contributed by atoms with Gasteiger partial charge in [-0.1, -0.05) is 35.3 Å². The first kappa shape index (κ1) is 32.0. The van der Waals surface area contributed by atoms with Gasteiger partial charge >= 0.3 is 12.4 Å². The Morgan fingerprint density at radius 1 is 0.814 bits per heavy atom. The van der Waals surface area contributed by atoms with Gasteiger partial charge in [-0.2, -0.15) is 26.3 Å². The molecule has 6 nitrogen and oxygen atoms in total. The highest BCUT2D eigenvalue weighted by molar-refractivity contribution is 7.92. The van der Waals surface area contributed by atoms with E-state index in [2.05, 4.69) is 10.0 Å². The minimum absolute atomic E-state index is 0.0239. The Morgan fingerprint density at radius 2 is 1.49 bits per heavy atom. The molecule has 0 heterocycles.